The largest absolute Gasteiger partial charge is 0.493 e. The summed E-state index contributed by atoms with van der Waals surface area (Å²) >= 11 is 0. The molecule has 0 aromatic heterocycles. The highest BCUT2D eigenvalue weighted by molar-refractivity contribution is 5.80. The molecule has 134 valence electrons. The van der Waals surface area contributed by atoms with Crippen LogP contribution < -0.4 is 19.9 Å². The second-order valence-electron chi connectivity index (χ2n) is 6.32. The van der Waals surface area contributed by atoms with Crippen LogP contribution in [0.1, 0.15) is 25.3 Å². The van der Waals surface area contributed by atoms with Crippen LogP contribution in [-0.4, -0.2) is 51.3 Å². The molecule has 1 aromatic carbocycles. The molecule has 1 aromatic rings. The zero-order valence-corrected chi connectivity index (χ0v) is 15.0. The maximum atomic E-state index is 12.8. The van der Waals surface area contributed by atoms with E-state index >= 15 is 0 Å². The standard InChI is InChI=1S/C18H28N2O4/c1-12-5-6-20(14(7-12)11-19)17(21)10-13-8-15(22-2)18(24-4)16(9-13)23-3/h8-9,12,14H,5-7,10-11,19H2,1-4H3. The van der Waals surface area contributed by atoms with Crippen molar-refractivity contribution in [2.24, 2.45) is 11.7 Å². The summed E-state index contributed by atoms with van der Waals surface area (Å²) in [6.45, 7) is 3.49. The number of rotatable bonds is 6. The van der Waals surface area contributed by atoms with Crippen molar-refractivity contribution in [2.75, 3.05) is 34.4 Å². The molecule has 6 heteroatoms. The molecule has 1 aliphatic rings. The van der Waals surface area contributed by atoms with Gasteiger partial charge in [-0.25, -0.2) is 0 Å². The first-order chi connectivity index (χ1) is 11.5. The lowest BCUT2D eigenvalue weighted by Crippen LogP contribution is -2.49. The van der Waals surface area contributed by atoms with Crippen LogP contribution in [0, 0.1) is 5.92 Å². The number of carbonyl (C=O) groups excluding carboxylic acids is 1. The fourth-order valence-corrected chi connectivity index (χ4v) is 3.32. The van der Waals surface area contributed by atoms with Gasteiger partial charge in [-0.3, -0.25) is 4.79 Å². The number of likely N-dealkylation sites (tertiary alicyclic amines) is 1. The van der Waals surface area contributed by atoms with Crippen LogP contribution in [0.4, 0.5) is 0 Å². The third-order valence-electron chi connectivity index (χ3n) is 4.65. The average Bonchev–Trinajstić information content (AvgIpc) is 2.60. The summed E-state index contributed by atoms with van der Waals surface area (Å²) < 4.78 is 16.0. The van der Waals surface area contributed by atoms with Gasteiger partial charge in [-0.15, -0.1) is 0 Å². The number of hydrogen-bond donors (Lipinski definition) is 1. The van der Waals surface area contributed by atoms with Gasteiger partial charge in [0.15, 0.2) is 11.5 Å². The zero-order chi connectivity index (χ0) is 17.7. The van der Waals surface area contributed by atoms with E-state index < -0.39 is 0 Å². The number of nitrogens with two attached hydrogens (primary N) is 1. The minimum absolute atomic E-state index is 0.0895. The van der Waals surface area contributed by atoms with Crippen LogP contribution in [-0.2, 0) is 11.2 Å². The molecule has 1 saturated heterocycles. The lowest BCUT2D eigenvalue weighted by Gasteiger charge is -2.38. The Morgan fingerprint density at radius 2 is 1.83 bits per heavy atom. The number of benzene rings is 1. The first kappa shape index (κ1) is 18.4. The molecular formula is C18H28N2O4. The molecule has 1 fully saturated rings. The van der Waals surface area contributed by atoms with Gasteiger partial charge in [0, 0.05) is 19.1 Å². The average molecular weight is 336 g/mol. The Morgan fingerprint density at radius 1 is 1.21 bits per heavy atom. The molecule has 2 rings (SSSR count). The number of nitrogens with zero attached hydrogens (tertiary/aromatic N) is 1. The molecule has 0 saturated carbocycles. The molecular weight excluding hydrogens is 308 g/mol. The van der Waals surface area contributed by atoms with Crippen LogP contribution in [0.2, 0.25) is 0 Å². The van der Waals surface area contributed by atoms with Gasteiger partial charge in [0.25, 0.3) is 0 Å². The van der Waals surface area contributed by atoms with Crippen LogP contribution in [0.5, 0.6) is 17.2 Å². The molecule has 2 N–H and O–H groups in total. The van der Waals surface area contributed by atoms with Gasteiger partial charge >= 0.3 is 0 Å². The molecule has 0 spiro atoms. The van der Waals surface area contributed by atoms with Crippen LogP contribution >= 0.6 is 0 Å². The predicted molar refractivity (Wildman–Crippen MR) is 92.8 cm³/mol. The Balaban J connectivity index is 2.19. The van der Waals surface area contributed by atoms with E-state index in [1.165, 1.54) is 0 Å². The highest BCUT2D eigenvalue weighted by atomic mass is 16.5. The Bertz CT molecular complexity index is 551. The quantitative estimate of drug-likeness (QED) is 0.858. The van der Waals surface area contributed by atoms with E-state index in [2.05, 4.69) is 6.92 Å². The summed E-state index contributed by atoms with van der Waals surface area (Å²) in [6.07, 6.45) is 2.29. The molecule has 2 unspecified atom stereocenters. The number of carbonyl (C=O) groups is 1. The second kappa shape index (κ2) is 8.24. The van der Waals surface area contributed by atoms with Crippen LogP contribution in [0.15, 0.2) is 12.1 Å². The number of hydrogen-bond acceptors (Lipinski definition) is 5. The van der Waals surface area contributed by atoms with E-state index in [1.54, 1.807) is 21.3 Å². The number of piperidine rings is 1. The molecule has 0 aliphatic carbocycles. The molecule has 24 heavy (non-hydrogen) atoms. The highest BCUT2D eigenvalue weighted by Crippen LogP contribution is 2.38. The summed E-state index contributed by atoms with van der Waals surface area (Å²) in [5, 5.41) is 0. The Hall–Kier alpha value is -1.95. The SMILES string of the molecule is COc1cc(CC(=O)N2CCC(C)CC2CN)cc(OC)c1OC. The van der Waals surface area contributed by atoms with Crippen molar-refractivity contribution < 1.29 is 19.0 Å². The van der Waals surface area contributed by atoms with E-state index in [9.17, 15) is 4.79 Å². The van der Waals surface area contributed by atoms with Crippen LogP contribution in [0.3, 0.4) is 0 Å². The van der Waals surface area contributed by atoms with Gasteiger partial charge in [-0.1, -0.05) is 6.92 Å². The Labute approximate surface area is 143 Å². The topological polar surface area (TPSA) is 74.0 Å². The monoisotopic (exact) mass is 336 g/mol. The zero-order valence-electron chi connectivity index (χ0n) is 15.0. The molecule has 1 aliphatic heterocycles. The molecule has 6 nitrogen and oxygen atoms in total. The van der Waals surface area contributed by atoms with Gasteiger partial charge < -0.3 is 24.8 Å². The van der Waals surface area contributed by atoms with Crippen molar-refractivity contribution in [3.05, 3.63) is 17.7 Å². The van der Waals surface area contributed by atoms with Crippen LogP contribution in [0.25, 0.3) is 0 Å². The third-order valence-corrected chi connectivity index (χ3v) is 4.65. The van der Waals surface area contributed by atoms with Crippen molar-refractivity contribution in [1.29, 1.82) is 0 Å². The molecule has 0 bridgehead atoms. The molecule has 2 atom stereocenters. The summed E-state index contributed by atoms with van der Waals surface area (Å²) in [5.41, 5.74) is 6.70. The van der Waals surface area contributed by atoms with Gasteiger partial charge in [-0.05, 0) is 36.5 Å². The van der Waals surface area contributed by atoms with E-state index in [4.69, 9.17) is 19.9 Å². The van der Waals surface area contributed by atoms with Gasteiger partial charge in [0.05, 0.1) is 27.8 Å². The maximum absolute atomic E-state index is 12.8. The van der Waals surface area contributed by atoms with E-state index in [1.807, 2.05) is 17.0 Å². The first-order valence-corrected chi connectivity index (χ1v) is 8.32. The summed E-state index contributed by atoms with van der Waals surface area (Å²) in [7, 11) is 4.70. The lowest BCUT2D eigenvalue weighted by atomic mass is 9.92. The van der Waals surface area contributed by atoms with Crippen molar-refractivity contribution in [1.82, 2.24) is 4.90 Å². The van der Waals surface area contributed by atoms with Crippen molar-refractivity contribution >= 4 is 5.91 Å². The molecule has 1 amide bonds. The summed E-state index contributed by atoms with van der Waals surface area (Å²) in [6, 6.07) is 3.77. The summed E-state index contributed by atoms with van der Waals surface area (Å²) in [5.74, 6) is 2.35. The van der Waals surface area contributed by atoms with Gasteiger partial charge in [0.2, 0.25) is 11.7 Å². The normalized spacial score (nSPS) is 20.6. The smallest absolute Gasteiger partial charge is 0.227 e. The fourth-order valence-electron chi connectivity index (χ4n) is 3.32. The minimum atomic E-state index is 0.0895. The van der Waals surface area contributed by atoms with E-state index in [0.29, 0.717) is 36.1 Å². The highest BCUT2D eigenvalue weighted by Gasteiger charge is 2.29. The van der Waals surface area contributed by atoms with E-state index in [-0.39, 0.29) is 11.9 Å². The maximum Gasteiger partial charge on any atom is 0.227 e. The van der Waals surface area contributed by atoms with Gasteiger partial charge in [0.1, 0.15) is 0 Å². The summed E-state index contributed by atoms with van der Waals surface area (Å²) in [4.78, 5) is 14.7. The van der Waals surface area contributed by atoms with E-state index in [0.717, 1.165) is 24.9 Å². The molecule has 0 radical (unpaired) electrons. The number of ether oxygens (including phenoxy) is 3. The molecule has 1 heterocycles. The van der Waals surface area contributed by atoms with Gasteiger partial charge in [-0.2, -0.15) is 0 Å². The Morgan fingerprint density at radius 3 is 2.33 bits per heavy atom. The number of amides is 1. The predicted octanol–water partition coefficient (Wildman–Crippen LogP) is 1.84. The third kappa shape index (κ3) is 3.93. The Kier molecular flexibility index (Phi) is 6.31. The fraction of sp³-hybridized carbons (Fsp3) is 0.611. The lowest BCUT2D eigenvalue weighted by molar-refractivity contribution is -0.134. The second-order valence-corrected chi connectivity index (χ2v) is 6.32. The number of methoxy groups -OCH3 is 3. The van der Waals surface area contributed by atoms with Crippen molar-refractivity contribution in [2.45, 2.75) is 32.2 Å². The van der Waals surface area contributed by atoms with Crippen molar-refractivity contribution in [3.8, 4) is 17.2 Å². The first-order valence-electron chi connectivity index (χ1n) is 8.32. The minimum Gasteiger partial charge on any atom is -0.493 e. The van der Waals surface area contributed by atoms with Crippen molar-refractivity contribution in [3.63, 3.8) is 0 Å².